The van der Waals surface area contributed by atoms with Gasteiger partial charge in [-0.15, -0.1) is 0 Å². The molecule has 3 nitrogen and oxygen atoms in total. The summed E-state index contributed by atoms with van der Waals surface area (Å²) in [6, 6.07) is 8.24. The van der Waals surface area contributed by atoms with Gasteiger partial charge in [-0.05, 0) is 44.4 Å². The van der Waals surface area contributed by atoms with Gasteiger partial charge in [-0.3, -0.25) is 4.90 Å². The standard InChI is InChI=1S/C16H25ClN2O/c1-12(14-6-4-5-7-15(14)17)19(2)16(10-18,11-20-3)13-8-9-13/h4-7,12-13H,8-11,18H2,1-3H3. The number of ether oxygens (including phenoxy) is 1. The number of hydrogen-bond acceptors (Lipinski definition) is 3. The van der Waals surface area contributed by atoms with Crippen LogP contribution in [0.5, 0.6) is 0 Å². The molecule has 0 radical (unpaired) electrons. The maximum atomic E-state index is 6.34. The minimum Gasteiger partial charge on any atom is -0.383 e. The number of nitrogens with zero attached hydrogens (tertiary/aromatic N) is 1. The van der Waals surface area contributed by atoms with E-state index in [1.54, 1.807) is 7.11 Å². The Kier molecular flexibility index (Phi) is 5.08. The first-order valence-electron chi connectivity index (χ1n) is 7.23. The fourth-order valence-electron chi connectivity index (χ4n) is 3.16. The van der Waals surface area contributed by atoms with Gasteiger partial charge in [-0.2, -0.15) is 0 Å². The zero-order valence-corrected chi connectivity index (χ0v) is 13.4. The van der Waals surface area contributed by atoms with Crippen molar-refractivity contribution >= 4 is 11.6 Å². The van der Waals surface area contributed by atoms with Crippen LogP contribution in [-0.4, -0.2) is 37.7 Å². The van der Waals surface area contributed by atoms with E-state index in [2.05, 4.69) is 24.9 Å². The van der Waals surface area contributed by atoms with E-state index < -0.39 is 0 Å². The molecular formula is C16H25ClN2O. The molecule has 2 rings (SSSR count). The molecule has 2 N–H and O–H groups in total. The van der Waals surface area contributed by atoms with Crippen molar-refractivity contribution in [2.24, 2.45) is 11.7 Å². The summed E-state index contributed by atoms with van der Waals surface area (Å²) >= 11 is 6.34. The van der Waals surface area contributed by atoms with E-state index in [4.69, 9.17) is 22.1 Å². The smallest absolute Gasteiger partial charge is 0.0661 e. The van der Waals surface area contributed by atoms with Gasteiger partial charge < -0.3 is 10.5 Å². The summed E-state index contributed by atoms with van der Waals surface area (Å²) in [6.45, 7) is 3.46. The van der Waals surface area contributed by atoms with Crippen LogP contribution in [0.25, 0.3) is 0 Å². The molecule has 2 atom stereocenters. The Hall–Kier alpha value is -0.610. The molecule has 0 bridgehead atoms. The van der Waals surface area contributed by atoms with Crippen LogP contribution in [0.15, 0.2) is 24.3 Å². The highest BCUT2D eigenvalue weighted by molar-refractivity contribution is 6.31. The molecular weight excluding hydrogens is 272 g/mol. The van der Waals surface area contributed by atoms with Crippen LogP contribution < -0.4 is 5.73 Å². The number of likely N-dealkylation sites (N-methyl/N-ethyl adjacent to an activating group) is 1. The average Bonchev–Trinajstić information content (AvgIpc) is 3.29. The summed E-state index contributed by atoms with van der Waals surface area (Å²) in [6.07, 6.45) is 2.47. The molecule has 1 aromatic carbocycles. The maximum absolute atomic E-state index is 6.34. The van der Waals surface area contributed by atoms with Gasteiger partial charge in [0.15, 0.2) is 0 Å². The van der Waals surface area contributed by atoms with E-state index >= 15 is 0 Å². The SMILES string of the molecule is COCC(CN)(C1CC1)N(C)C(C)c1ccccc1Cl. The Morgan fingerprint density at radius 1 is 1.45 bits per heavy atom. The predicted molar refractivity (Wildman–Crippen MR) is 84.0 cm³/mol. The van der Waals surface area contributed by atoms with Gasteiger partial charge in [0.05, 0.1) is 12.1 Å². The number of benzene rings is 1. The third kappa shape index (κ3) is 2.86. The van der Waals surface area contributed by atoms with Crippen molar-refractivity contribution in [3.05, 3.63) is 34.9 Å². The normalized spacial score (nSPS) is 19.9. The maximum Gasteiger partial charge on any atom is 0.0661 e. The van der Waals surface area contributed by atoms with Gasteiger partial charge in [-0.1, -0.05) is 29.8 Å². The van der Waals surface area contributed by atoms with E-state index in [0.717, 1.165) is 10.6 Å². The van der Waals surface area contributed by atoms with Crippen molar-refractivity contribution in [2.75, 3.05) is 27.3 Å². The van der Waals surface area contributed by atoms with E-state index in [1.165, 1.54) is 12.8 Å². The topological polar surface area (TPSA) is 38.5 Å². The minimum absolute atomic E-state index is 0.0899. The van der Waals surface area contributed by atoms with Gasteiger partial charge in [0.2, 0.25) is 0 Å². The van der Waals surface area contributed by atoms with Crippen molar-refractivity contribution in [1.82, 2.24) is 4.90 Å². The van der Waals surface area contributed by atoms with Crippen LogP contribution in [0, 0.1) is 5.92 Å². The largest absolute Gasteiger partial charge is 0.383 e. The number of halogens is 1. The summed E-state index contributed by atoms with van der Waals surface area (Å²) < 4.78 is 5.48. The summed E-state index contributed by atoms with van der Waals surface area (Å²) in [5.74, 6) is 0.627. The average molecular weight is 297 g/mol. The monoisotopic (exact) mass is 296 g/mol. The number of hydrogen-bond donors (Lipinski definition) is 1. The molecule has 0 aliphatic heterocycles. The van der Waals surface area contributed by atoms with Crippen molar-refractivity contribution in [3.8, 4) is 0 Å². The second kappa shape index (κ2) is 6.44. The van der Waals surface area contributed by atoms with Crippen molar-refractivity contribution in [3.63, 3.8) is 0 Å². The summed E-state index contributed by atoms with van der Waals surface area (Å²) in [5.41, 5.74) is 7.19. The molecule has 0 saturated heterocycles. The van der Waals surface area contributed by atoms with Gasteiger partial charge in [0, 0.05) is 24.7 Å². The second-order valence-electron chi connectivity index (χ2n) is 5.82. The van der Waals surface area contributed by atoms with E-state index in [1.807, 2.05) is 18.2 Å². The molecule has 0 heterocycles. The Balaban J connectivity index is 2.27. The number of rotatable bonds is 7. The molecule has 20 heavy (non-hydrogen) atoms. The first-order valence-corrected chi connectivity index (χ1v) is 7.61. The highest BCUT2D eigenvalue weighted by Crippen LogP contribution is 2.45. The molecule has 0 aromatic heterocycles. The molecule has 1 aromatic rings. The van der Waals surface area contributed by atoms with Crippen molar-refractivity contribution in [1.29, 1.82) is 0 Å². The first kappa shape index (κ1) is 15.8. The lowest BCUT2D eigenvalue weighted by Crippen LogP contribution is -2.57. The molecule has 1 aliphatic carbocycles. The van der Waals surface area contributed by atoms with E-state index in [0.29, 0.717) is 19.1 Å². The Bertz CT molecular complexity index is 450. The highest BCUT2D eigenvalue weighted by atomic mass is 35.5. The molecule has 1 saturated carbocycles. The summed E-state index contributed by atoms with van der Waals surface area (Å²) in [4.78, 5) is 2.36. The van der Waals surface area contributed by atoms with Gasteiger partial charge in [0.1, 0.15) is 0 Å². The van der Waals surface area contributed by atoms with Crippen LogP contribution in [-0.2, 0) is 4.74 Å². The van der Waals surface area contributed by atoms with Gasteiger partial charge >= 0.3 is 0 Å². The third-order valence-corrected chi connectivity index (χ3v) is 5.07. The van der Waals surface area contributed by atoms with Crippen LogP contribution in [0.1, 0.15) is 31.4 Å². The van der Waals surface area contributed by atoms with Gasteiger partial charge in [-0.25, -0.2) is 0 Å². The molecule has 2 unspecified atom stereocenters. The van der Waals surface area contributed by atoms with Crippen LogP contribution in [0.4, 0.5) is 0 Å². The van der Waals surface area contributed by atoms with Crippen LogP contribution in [0.3, 0.4) is 0 Å². The predicted octanol–water partition coefficient (Wildman–Crippen LogP) is 3.09. The Morgan fingerprint density at radius 2 is 2.10 bits per heavy atom. The molecule has 1 fully saturated rings. The Labute approximate surface area is 127 Å². The number of methoxy groups -OCH3 is 1. The third-order valence-electron chi connectivity index (χ3n) is 4.72. The zero-order valence-electron chi connectivity index (χ0n) is 12.6. The molecule has 4 heteroatoms. The lowest BCUT2D eigenvalue weighted by molar-refractivity contribution is -0.00628. The fraction of sp³-hybridized carbons (Fsp3) is 0.625. The quantitative estimate of drug-likeness (QED) is 0.840. The molecule has 0 spiro atoms. The summed E-state index contributed by atoms with van der Waals surface area (Å²) in [5, 5.41) is 0.811. The minimum atomic E-state index is -0.0899. The molecule has 1 aliphatic rings. The van der Waals surface area contributed by atoms with Gasteiger partial charge in [0.25, 0.3) is 0 Å². The second-order valence-corrected chi connectivity index (χ2v) is 6.23. The first-order chi connectivity index (χ1) is 9.56. The molecule has 0 amide bonds. The molecule has 112 valence electrons. The number of nitrogens with two attached hydrogens (primary N) is 1. The van der Waals surface area contributed by atoms with E-state index in [9.17, 15) is 0 Å². The van der Waals surface area contributed by atoms with Crippen LogP contribution in [0.2, 0.25) is 5.02 Å². The Morgan fingerprint density at radius 3 is 2.60 bits per heavy atom. The van der Waals surface area contributed by atoms with Crippen molar-refractivity contribution < 1.29 is 4.74 Å². The van der Waals surface area contributed by atoms with Crippen LogP contribution >= 0.6 is 11.6 Å². The highest BCUT2D eigenvalue weighted by Gasteiger charge is 2.48. The summed E-state index contributed by atoms with van der Waals surface area (Å²) in [7, 11) is 3.89. The fourth-order valence-corrected chi connectivity index (χ4v) is 3.45. The lowest BCUT2D eigenvalue weighted by atomic mass is 9.89. The zero-order chi connectivity index (χ0) is 14.8. The lowest BCUT2D eigenvalue weighted by Gasteiger charge is -2.44. The van der Waals surface area contributed by atoms with Crippen molar-refractivity contribution in [2.45, 2.75) is 31.3 Å². The van der Waals surface area contributed by atoms with E-state index in [-0.39, 0.29) is 11.6 Å².